The van der Waals surface area contributed by atoms with Gasteiger partial charge >= 0.3 is 0 Å². The standard InChI is InChI=1S/C16H25N3S/c1-3-17-15(19(2)10-13-6-9-20-11-13)18-12-16(7-8-16)14-4-5-14/h6,9,11,14H,3-5,7-8,10,12H2,1-2H3,(H,17,18). The number of hydrogen-bond donors (Lipinski definition) is 1. The lowest BCUT2D eigenvalue weighted by Crippen LogP contribution is -2.38. The van der Waals surface area contributed by atoms with Crippen molar-refractivity contribution in [3.63, 3.8) is 0 Å². The fourth-order valence-corrected chi connectivity index (χ4v) is 3.64. The molecule has 0 amide bonds. The first-order valence-electron chi connectivity index (χ1n) is 7.74. The maximum atomic E-state index is 4.92. The largest absolute Gasteiger partial charge is 0.357 e. The van der Waals surface area contributed by atoms with Gasteiger partial charge in [-0.1, -0.05) is 0 Å². The third kappa shape index (κ3) is 3.17. The Hall–Kier alpha value is -1.03. The molecule has 0 radical (unpaired) electrons. The minimum Gasteiger partial charge on any atom is -0.357 e. The summed E-state index contributed by atoms with van der Waals surface area (Å²) in [4.78, 5) is 7.17. The van der Waals surface area contributed by atoms with Crippen LogP contribution in [0.4, 0.5) is 0 Å². The summed E-state index contributed by atoms with van der Waals surface area (Å²) in [5, 5.41) is 7.79. The molecular formula is C16H25N3S. The van der Waals surface area contributed by atoms with E-state index in [0.29, 0.717) is 5.41 Å². The van der Waals surface area contributed by atoms with E-state index in [1.165, 1.54) is 31.2 Å². The second-order valence-corrected chi connectivity index (χ2v) is 7.07. The molecule has 1 aromatic rings. The van der Waals surface area contributed by atoms with Crippen LogP contribution in [0.2, 0.25) is 0 Å². The van der Waals surface area contributed by atoms with Crippen LogP contribution in [0, 0.1) is 11.3 Å². The summed E-state index contributed by atoms with van der Waals surface area (Å²) in [5.41, 5.74) is 1.95. The van der Waals surface area contributed by atoms with E-state index in [0.717, 1.165) is 31.5 Å². The summed E-state index contributed by atoms with van der Waals surface area (Å²) in [7, 11) is 2.13. The Labute approximate surface area is 126 Å². The Morgan fingerprint density at radius 2 is 2.30 bits per heavy atom. The van der Waals surface area contributed by atoms with E-state index in [1.54, 1.807) is 11.3 Å². The molecule has 0 atom stereocenters. The molecule has 1 N–H and O–H groups in total. The number of rotatable bonds is 6. The number of aliphatic imine (C=N–C) groups is 1. The van der Waals surface area contributed by atoms with Gasteiger partial charge in [-0.3, -0.25) is 4.99 Å². The van der Waals surface area contributed by atoms with Crippen molar-refractivity contribution in [2.75, 3.05) is 20.1 Å². The van der Waals surface area contributed by atoms with Crippen molar-refractivity contribution in [3.05, 3.63) is 22.4 Å². The van der Waals surface area contributed by atoms with Crippen LogP contribution in [-0.2, 0) is 6.54 Å². The van der Waals surface area contributed by atoms with Crippen LogP contribution in [0.5, 0.6) is 0 Å². The van der Waals surface area contributed by atoms with Crippen molar-refractivity contribution in [1.29, 1.82) is 0 Å². The van der Waals surface area contributed by atoms with Crippen molar-refractivity contribution < 1.29 is 0 Å². The molecule has 0 spiro atoms. The van der Waals surface area contributed by atoms with Gasteiger partial charge < -0.3 is 10.2 Å². The summed E-state index contributed by atoms with van der Waals surface area (Å²) < 4.78 is 0. The van der Waals surface area contributed by atoms with E-state index in [-0.39, 0.29) is 0 Å². The molecule has 2 fully saturated rings. The monoisotopic (exact) mass is 291 g/mol. The maximum Gasteiger partial charge on any atom is 0.193 e. The van der Waals surface area contributed by atoms with Gasteiger partial charge in [-0.2, -0.15) is 11.3 Å². The summed E-state index contributed by atoms with van der Waals surface area (Å²) in [6.45, 7) is 5.03. The predicted molar refractivity (Wildman–Crippen MR) is 86.2 cm³/mol. The van der Waals surface area contributed by atoms with Gasteiger partial charge in [0, 0.05) is 26.7 Å². The normalized spacial score (nSPS) is 20.8. The summed E-state index contributed by atoms with van der Waals surface area (Å²) >= 11 is 1.76. The van der Waals surface area contributed by atoms with Crippen LogP contribution in [0.3, 0.4) is 0 Å². The minimum atomic E-state index is 0.587. The van der Waals surface area contributed by atoms with E-state index in [1.807, 2.05) is 0 Å². The van der Waals surface area contributed by atoms with Gasteiger partial charge in [-0.05, 0) is 66.3 Å². The van der Waals surface area contributed by atoms with Gasteiger partial charge in [0.15, 0.2) is 5.96 Å². The molecule has 1 heterocycles. The molecule has 2 aliphatic carbocycles. The van der Waals surface area contributed by atoms with Crippen LogP contribution < -0.4 is 5.32 Å². The summed E-state index contributed by atoms with van der Waals surface area (Å²) in [6.07, 6.45) is 5.68. The second-order valence-electron chi connectivity index (χ2n) is 6.29. The molecule has 0 aromatic carbocycles. The van der Waals surface area contributed by atoms with E-state index < -0.39 is 0 Å². The van der Waals surface area contributed by atoms with Crippen molar-refractivity contribution in [3.8, 4) is 0 Å². The van der Waals surface area contributed by atoms with Gasteiger partial charge in [0.2, 0.25) is 0 Å². The highest BCUT2D eigenvalue weighted by Gasteiger charge is 2.53. The third-order valence-corrected chi connectivity index (χ3v) is 5.31. The Morgan fingerprint density at radius 1 is 1.50 bits per heavy atom. The lowest BCUT2D eigenvalue weighted by Gasteiger charge is -2.22. The molecule has 20 heavy (non-hydrogen) atoms. The lowest BCUT2D eigenvalue weighted by atomic mass is 10.0. The summed E-state index contributed by atoms with van der Waals surface area (Å²) in [5.74, 6) is 2.04. The number of hydrogen-bond acceptors (Lipinski definition) is 2. The molecule has 3 rings (SSSR count). The average molecular weight is 291 g/mol. The van der Waals surface area contributed by atoms with E-state index in [2.05, 4.69) is 41.0 Å². The Bertz CT molecular complexity index is 458. The number of nitrogens with one attached hydrogen (secondary N) is 1. The molecule has 0 unspecified atom stereocenters. The van der Waals surface area contributed by atoms with Crippen LogP contribution in [-0.4, -0.2) is 31.0 Å². The highest BCUT2D eigenvalue weighted by Crippen LogP contribution is 2.61. The lowest BCUT2D eigenvalue weighted by molar-refractivity contribution is 0.436. The third-order valence-electron chi connectivity index (χ3n) is 4.58. The van der Waals surface area contributed by atoms with Gasteiger partial charge in [-0.15, -0.1) is 0 Å². The fourth-order valence-electron chi connectivity index (χ4n) is 2.99. The first-order chi connectivity index (χ1) is 9.73. The van der Waals surface area contributed by atoms with Gasteiger partial charge in [0.05, 0.1) is 0 Å². The molecule has 2 saturated carbocycles. The Kier molecular flexibility index (Phi) is 4.01. The first kappa shape index (κ1) is 13.9. The number of guanidine groups is 1. The van der Waals surface area contributed by atoms with Crippen LogP contribution in [0.1, 0.15) is 38.2 Å². The van der Waals surface area contributed by atoms with Crippen LogP contribution in [0.25, 0.3) is 0 Å². The molecule has 0 bridgehead atoms. The van der Waals surface area contributed by atoms with Crippen molar-refractivity contribution in [2.45, 2.75) is 39.2 Å². The van der Waals surface area contributed by atoms with Crippen molar-refractivity contribution >= 4 is 17.3 Å². The molecule has 3 nitrogen and oxygen atoms in total. The molecule has 0 aliphatic heterocycles. The molecule has 110 valence electrons. The Balaban J connectivity index is 1.61. The maximum absolute atomic E-state index is 4.92. The molecule has 0 saturated heterocycles. The number of nitrogens with zero attached hydrogens (tertiary/aromatic N) is 2. The van der Waals surface area contributed by atoms with Gasteiger partial charge in [-0.25, -0.2) is 0 Å². The number of thiophene rings is 1. The molecule has 2 aliphatic rings. The van der Waals surface area contributed by atoms with Crippen LogP contribution >= 0.6 is 11.3 Å². The SMILES string of the molecule is CCNC(=NCC1(C2CC2)CC1)N(C)Cc1ccsc1. The zero-order valence-corrected chi connectivity index (χ0v) is 13.4. The fraction of sp³-hybridized carbons (Fsp3) is 0.688. The zero-order chi connectivity index (χ0) is 14.0. The second kappa shape index (κ2) is 5.76. The molecular weight excluding hydrogens is 266 g/mol. The van der Waals surface area contributed by atoms with E-state index >= 15 is 0 Å². The Morgan fingerprint density at radius 3 is 2.85 bits per heavy atom. The van der Waals surface area contributed by atoms with Crippen molar-refractivity contribution in [2.24, 2.45) is 16.3 Å². The van der Waals surface area contributed by atoms with Crippen LogP contribution in [0.15, 0.2) is 21.8 Å². The van der Waals surface area contributed by atoms with E-state index in [9.17, 15) is 0 Å². The summed E-state index contributed by atoms with van der Waals surface area (Å²) in [6, 6.07) is 2.19. The van der Waals surface area contributed by atoms with Crippen molar-refractivity contribution in [1.82, 2.24) is 10.2 Å². The van der Waals surface area contributed by atoms with E-state index in [4.69, 9.17) is 4.99 Å². The minimum absolute atomic E-state index is 0.587. The topological polar surface area (TPSA) is 27.6 Å². The first-order valence-corrected chi connectivity index (χ1v) is 8.68. The quantitative estimate of drug-likeness (QED) is 0.643. The highest BCUT2D eigenvalue weighted by molar-refractivity contribution is 7.07. The smallest absolute Gasteiger partial charge is 0.193 e. The predicted octanol–water partition coefficient (Wildman–Crippen LogP) is 3.34. The van der Waals surface area contributed by atoms with Gasteiger partial charge in [0.25, 0.3) is 0 Å². The highest BCUT2D eigenvalue weighted by atomic mass is 32.1. The molecule has 4 heteroatoms. The zero-order valence-electron chi connectivity index (χ0n) is 12.6. The molecule has 1 aromatic heterocycles. The van der Waals surface area contributed by atoms with Gasteiger partial charge in [0.1, 0.15) is 0 Å². The average Bonchev–Trinajstić information content (AvgIpc) is 3.34.